The van der Waals surface area contributed by atoms with E-state index in [0.717, 1.165) is 28.5 Å². The summed E-state index contributed by atoms with van der Waals surface area (Å²) in [5, 5.41) is 11.7. The van der Waals surface area contributed by atoms with E-state index in [1.807, 2.05) is 49.5 Å². The Morgan fingerprint density at radius 1 is 1.11 bits per heavy atom. The van der Waals surface area contributed by atoms with E-state index in [1.165, 1.54) is 0 Å². The second-order valence-electron chi connectivity index (χ2n) is 4.12. The minimum Gasteiger partial charge on any atom is -0.478 e. The van der Waals surface area contributed by atoms with E-state index in [4.69, 9.17) is 5.11 Å². The summed E-state index contributed by atoms with van der Waals surface area (Å²) in [5.74, 6) is -0.939. The van der Waals surface area contributed by atoms with Crippen LogP contribution in [-0.4, -0.2) is 18.1 Å². The predicted molar refractivity (Wildman–Crippen MR) is 78.1 cm³/mol. The van der Waals surface area contributed by atoms with Gasteiger partial charge in [-0.3, -0.25) is 0 Å². The van der Waals surface area contributed by atoms with Crippen molar-refractivity contribution < 1.29 is 9.90 Å². The van der Waals surface area contributed by atoms with Crippen molar-refractivity contribution in [2.45, 2.75) is 0 Å². The third-order valence-electron chi connectivity index (χ3n) is 2.81. The fourth-order valence-corrected chi connectivity index (χ4v) is 1.81. The lowest BCUT2D eigenvalue weighted by molar-refractivity contribution is -0.131. The van der Waals surface area contributed by atoms with Crippen molar-refractivity contribution in [1.82, 2.24) is 0 Å². The van der Waals surface area contributed by atoms with Crippen molar-refractivity contribution in [3.8, 4) is 11.1 Å². The highest BCUT2D eigenvalue weighted by atomic mass is 16.4. The van der Waals surface area contributed by atoms with Crippen molar-refractivity contribution in [1.29, 1.82) is 0 Å². The molecule has 0 saturated heterocycles. The Morgan fingerprint density at radius 3 is 2.47 bits per heavy atom. The molecule has 0 bridgehead atoms. The van der Waals surface area contributed by atoms with Gasteiger partial charge in [0, 0.05) is 18.8 Å². The van der Waals surface area contributed by atoms with E-state index in [2.05, 4.69) is 11.4 Å². The van der Waals surface area contributed by atoms with Gasteiger partial charge in [0.2, 0.25) is 0 Å². The number of carboxylic acids is 1. The van der Waals surface area contributed by atoms with Crippen LogP contribution in [0, 0.1) is 0 Å². The smallest absolute Gasteiger partial charge is 0.328 e. The molecule has 0 aliphatic heterocycles. The number of anilines is 1. The number of aliphatic carboxylic acids is 1. The molecular weight excluding hydrogens is 238 g/mol. The summed E-state index contributed by atoms with van der Waals surface area (Å²) in [6.45, 7) is 0. The average molecular weight is 253 g/mol. The van der Waals surface area contributed by atoms with Gasteiger partial charge in [-0.2, -0.15) is 0 Å². The van der Waals surface area contributed by atoms with Gasteiger partial charge in [-0.1, -0.05) is 36.4 Å². The van der Waals surface area contributed by atoms with Crippen LogP contribution in [0.25, 0.3) is 17.2 Å². The van der Waals surface area contributed by atoms with Crippen LogP contribution in [0.4, 0.5) is 5.69 Å². The van der Waals surface area contributed by atoms with Gasteiger partial charge >= 0.3 is 5.97 Å². The molecule has 3 heteroatoms. The van der Waals surface area contributed by atoms with Crippen LogP contribution in [0.1, 0.15) is 5.56 Å². The number of hydrogen-bond acceptors (Lipinski definition) is 2. The number of nitrogens with one attached hydrogen (secondary N) is 1. The van der Waals surface area contributed by atoms with Gasteiger partial charge in [-0.15, -0.1) is 0 Å². The summed E-state index contributed by atoms with van der Waals surface area (Å²) in [6.07, 6.45) is 2.72. The van der Waals surface area contributed by atoms with E-state index in [9.17, 15) is 4.79 Å². The quantitative estimate of drug-likeness (QED) is 0.820. The zero-order chi connectivity index (χ0) is 13.7. The van der Waals surface area contributed by atoms with E-state index < -0.39 is 5.97 Å². The molecule has 0 atom stereocenters. The average Bonchev–Trinajstić information content (AvgIpc) is 2.45. The third kappa shape index (κ3) is 3.45. The molecule has 2 rings (SSSR count). The largest absolute Gasteiger partial charge is 0.478 e. The molecule has 2 aromatic rings. The van der Waals surface area contributed by atoms with Gasteiger partial charge in [0.1, 0.15) is 0 Å². The van der Waals surface area contributed by atoms with Crippen molar-refractivity contribution in [2.24, 2.45) is 0 Å². The monoisotopic (exact) mass is 253 g/mol. The molecule has 0 spiro atoms. The zero-order valence-corrected chi connectivity index (χ0v) is 10.6. The lowest BCUT2D eigenvalue weighted by Crippen LogP contribution is -1.88. The summed E-state index contributed by atoms with van der Waals surface area (Å²) in [4.78, 5) is 10.4. The number of carboxylic acid groups (broad SMARTS) is 1. The van der Waals surface area contributed by atoms with Crippen LogP contribution < -0.4 is 5.32 Å². The Labute approximate surface area is 112 Å². The molecule has 2 N–H and O–H groups in total. The molecule has 3 nitrogen and oxygen atoms in total. The van der Waals surface area contributed by atoms with E-state index in [-0.39, 0.29) is 0 Å². The molecular formula is C16H15NO2. The van der Waals surface area contributed by atoms with Crippen molar-refractivity contribution in [3.63, 3.8) is 0 Å². The number of hydrogen-bond donors (Lipinski definition) is 2. The third-order valence-corrected chi connectivity index (χ3v) is 2.81. The molecule has 0 fully saturated rings. The summed E-state index contributed by atoms with van der Waals surface area (Å²) >= 11 is 0. The Bertz CT molecular complexity index is 600. The van der Waals surface area contributed by atoms with Crippen molar-refractivity contribution >= 4 is 17.7 Å². The number of carbonyl (C=O) groups is 1. The first-order valence-electron chi connectivity index (χ1n) is 5.98. The first-order valence-corrected chi connectivity index (χ1v) is 5.98. The van der Waals surface area contributed by atoms with Crippen LogP contribution in [0.15, 0.2) is 54.6 Å². The van der Waals surface area contributed by atoms with Gasteiger partial charge in [-0.05, 0) is 34.9 Å². The van der Waals surface area contributed by atoms with E-state index in [0.29, 0.717) is 0 Å². The Balaban J connectivity index is 2.24. The Hall–Kier alpha value is -2.55. The minimum absolute atomic E-state index is 0.871. The molecule has 0 radical (unpaired) electrons. The van der Waals surface area contributed by atoms with Crippen LogP contribution >= 0.6 is 0 Å². The van der Waals surface area contributed by atoms with E-state index in [1.54, 1.807) is 6.08 Å². The minimum atomic E-state index is -0.939. The standard InChI is InChI=1S/C16H15NO2/c1-17-15-4-2-3-14(11-15)13-8-5-12(6-9-13)7-10-16(18)19/h2-11,17H,1H3,(H,18,19). The second-order valence-corrected chi connectivity index (χ2v) is 4.12. The molecule has 96 valence electrons. The second kappa shape index (κ2) is 5.87. The van der Waals surface area contributed by atoms with Crippen LogP contribution in [-0.2, 0) is 4.79 Å². The number of benzene rings is 2. The fraction of sp³-hybridized carbons (Fsp3) is 0.0625. The van der Waals surface area contributed by atoms with Crippen LogP contribution in [0.3, 0.4) is 0 Å². The van der Waals surface area contributed by atoms with Crippen molar-refractivity contribution in [3.05, 3.63) is 60.2 Å². The molecule has 0 saturated carbocycles. The Morgan fingerprint density at radius 2 is 1.84 bits per heavy atom. The lowest BCUT2D eigenvalue weighted by atomic mass is 10.0. The predicted octanol–water partition coefficient (Wildman–Crippen LogP) is 3.49. The molecule has 0 unspecified atom stereocenters. The molecule has 0 aliphatic rings. The van der Waals surface area contributed by atoms with Gasteiger partial charge in [0.05, 0.1) is 0 Å². The van der Waals surface area contributed by atoms with Gasteiger partial charge in [0.15, 0.2) is 0 Å². The fourth-order valence-electron chi connectivity index (χ4n) is 1.81. The molecule has 0 aromatic heterocycles. The maximum absolute atomic E-state index is 10.4. The van der Waals surface area contributed by atoms with Crippen molar-refractivity contribution in [2.75, 3.05) is 12.4 Å². The normalized spacial score (nSPS) is 10.6. The maximum Gasteiger partial charge on any atom is 0.328 e. The molecule has 0 amide bonds. The Kier molecular flexibility index (Phi) is 3.98. The summed E-state index contributed by atoms with van der Waals surface area (Å²) in [6, 6.07) is 15.9. The SMILES string of the molecule is CNc1cccc(-c2ccc(C=CC(=O)O)cc2)c1. The van der Waals surface area contributed by atoms with Gasteiger partial charge in [0.25, 0.3) is 0 Å². The molecule has 19 heavy (non-hydrogen) atoms. The first kappa shape index (κ1) is 12.9. The molecule has 0 aliphatic carbocycles. The summed E-state index contributed by atoms with van der Waals surface area (Å²) in [5.41, 5.74) is 4.16. The first-order chi connectivity index (χ1) is 9.19. The summed E-state index contributed by atoms with van der Waals surface area (Å²) in [7, 11) is 1.89. The summed E-state index contributed by atoms with van der Waals surface area (Å²) < 4.78 is 0. The highest BCUT2D eigenvalue weighted by molar-refractivity contribution is 5.85. The van der Waals surface area contributed by atoms with Crippen LogP contribution in [0.2, 0.25) is 0 Å². The zero-order valence-electron chi connectivity index (χ0n) is 10.6. The highest BCUT2D eigenvalue weighted by Gasteiger charge is 1.98. The van der Waals surface area contributed by atoms with Crippen LogP contribution in [0.5, 0.6) is 0 Å². The number of rotatable bonds is 4. The molecule has 2 aromatic carbocycles. The van der Waals surface area contributed by atoms with Gasteiger partial charge in [-0.25, -0.2) is 4.79 Å². The topological polar surface area (TPSA) is 49.3 Å². The van der Waals surface area contributed by atoms with Gasteiger partial charge < -0.3 is 10.4 Å². The highest BCUT2D eigenvalue weighted by Crippen LogP contribution is 2.23. The lowest BCUT2D eigenvalue weighted by Gasteiger charge is -2.05. The van der Waals surface area contributed by atoms with E-state index >= 15 is 0 Å². The molecule has 0 heterocycles. The maximum atomic E-state index is 10.4.